The summed E-state index contributed by atoms with van der Waals surface area (Å²) >= 11 is 5.94. The van der Waals surface area contributed by atoms with Crippen LogP contribution < -0.4 is 14.8 Å². The second kappa shape index (κ2) is 9.39. The van der Waals surface area contributed by atoms with Crippen LogP contribution in [-0.2, 0) is 21.7 Å². The fourth-order valence-corrected chi connectivity index (χ4v) is 4.87. The van der Waals surface area contributed by atoms with Gasteiger partial charge in [-0.15, -0.1) is 0 Å². The molecule has 2 aromatic rings. The van der Waals surface area contributed by atoms with E-state index in [0.717, 1.165) is 16.0 Å². The maximum atomic E-state index is 12.8. The minimum atomic E-state index is -0.994. The molecule has 35 heavy (non-hydrogen) atoms. The molecule has 3 aliphatic rings. The van der Waals surface area contributed by atoms with Gasteiger partial charge in [0.05, 0.1) is 12.1 Å². The van der Waals surface area contributed by atoms with Gasteiger partial charge in [0, 0.05) is 24.5 Å². The van der Waals surface area contributed by atoms with Crippen molar-refractivity contribution in [1.29, 1.82) is 0 Å². The molecule has 4 amide bonds. The SMILES string of the molecule is O=C(CC[C@@H]1NC(=O)N(Cc2ccc3c(c2)OCO3)C1=O)N1CCC(O)(c2ccc(Cl)cc2)CC1. The van der Waals surface area contributed by atoms with Gasteiger partial charge in [-0.2, -0.15) is 0 Å². The molecule has 5 rings (SSSR count). The van der Waals surface area contributed by atoms with E-state index >= 15 is 0 Å². The van der Waals surface area contributed by atoms with Crippen molar-refractivity contribution in [3.05, 3.63) is 58.6 Å². The van der Waals surface area contributed by atoms with Crippen molar-refractivity contribution in [3.8, 4) is 11.5 Å². The van der Waals surface area contributed by atoms with E-state index in [4.69, 9.17) is 21.1 Å². The predicted molar refractivity (Wildman–Crippen MR) is 126 cm³/mol. The van der Waals surface area contributed by atoms with Crippen LogP contribution in [0.1, 0.15) is 36.8 Å². The van der Waals surface area contributed by atoms with Gasteiger partial charge in [0.1, 0.15) is 6.04 Å². The van der Waals surface area contributed by atoms with E-state index < -0.39 is 17.7 Å². The number of aliphatic hydroxyl groups is 1. The summed E-state index contributed by atoms with van der Waals surface area (Å²) in [6.07, 6.45) is 1.19. The van der Waals surface area contributed by atoms with E-state index in [1.54, 1.807) is 35.2 Å². The van der Waals surface area contributed by atoms with E-state index in [2.05, 4.69) is 5.32 Å². The van der Waals surface area contributed by atoms with Crippen LogP contribution in [0, 0.1) is 0 Å². The number of nitrogens with one attached hydrogen (secondary N) is 1. The molecule has 2 saturated heterocycles. The van der Waals surface area contributed by atoms with Crippen LogP contribution in [-0.4, -0.2) is 58.7 Å². The van der Waals surface area contributed by atoms with Crippen molar-refractivity contribution in [2.75, 3.05) is 19.9 Å². The largest absolute Gasteiger partial charge is 0.454 e. The van der Waals surface area contributed by atoms with Crippen LogP contribution >= 0.6 is 11.6 Å². The monoisotopic (exact) mass is 499 g/mol. The normalized spacial score (nSPS) is 20.8. The smallest absolute Gasteiger partial charge is 0.325 e. The number of hydrogen-bond acceptors (Lipinski definition) is 6. The first-order chi connectivity index (χ1) is 16.8. The Morgan fingerprint density at radius 2 is 1.80 bits per heavy atom. The molecular formula is C25H26ClN3O6. The average molecular weight is 500 g/mol. The number of urea groups is 1. The van der Waals surface area contributed by atoms with Crippen molar-refractivity contribution in [1.82, 2.24) is 15.1 Å². The second-order valence-corrected chi connectivity index (χ2v) is 9.51. The molecule has 3 aliphatic heterocycles. The Balaban J connectivity index is 1.12. The minimum Gasteiger partial charge on any atom is -0.454 e. The van der Waals surface area contributed by atoms with Gasteiger partial charge in [0.2, 0.25) is 12.7 Å². The molecule has 3 heterocycles. The maximum Gasteiger partial charge on any atom is 0.325 e. The third-order valence-electron chi connectivity index (χ3n) is 6.86. The van der Waals surface area contributed by atoms with Crippen molar-refractivity contribution in [2.24, 2.45) is 0 Å². The zero-order valence-electron chi connectivity index (χ0n) is 19.0. The minimum absolute atomic E-state index is 0.0978. The number of carbonyl (C=O) groups excluding carboxylic acids is 3. The molecule has 0 aromatic heterocycles. The highest BCUT2D eigenvalue weighted by Crippen LogP contribution is 2.34. The van der Waals surface area contributed by atoms with Crippen LogP contribution in [0.15, 0.2) is 42.5 Å². The number of rotatable bonds is 6. The van der Waals surface area contributed by atoms with Crippen molar-refractivity contribution in [2.45, 2.75) is 43.9 Å². The molecule has 2 aromatic carbocycles. The van der Waals surface area contributed by atoms with Gasteiger partial charge >= 0.3 is 6.03 Å². The van der Waals surface area contributed by atoms with Gasteiger partial charge in [-0.3, -0.25) is 14.5 Å². The first kappa shape index (κ1) is 23.4. The number of piperidine rings is 1. The number of ether oxygens (including phenoxy) is 2. The van der Waals surface area contributed by atoms with Crippen molar-refractivity contribution in [3.63, 3.8) is 0 Å². The third-order valence-corrected chi connectivity index (χ3v) is 7.11. The maximum absolute atomic E-state index is 12.8. The number of likely N-dealkylation sites (tertiary alicyclic amines) is 1. The van der Waals surface area contributed by atoms with Gasteiger partial charge in [0.25, 0.3) is 5.91 Å². The molecule has 2 N–H and O–H groups in total. The number of carbonyl (C=O) groups is 3. The van der Waals surface area contributed by atoms with Gasteiger partial charge in [-0.05, 0) is 54.7 Å². The molecule has 1 atom stereocenters. The Morgan fingerprint density at radius 3 is 2.54 bits per heavy atom. The summed E-state index contributed by atoms with van der Waals surface area (Å²) in [6, 6.07) is 11.2. The summed E-state index contributed by atoms with van der Waals surface area (Å²) in [7, 11) is 0. The standard InChI is InChI=1S/C25H26ClN3O6/c26-18-4-2-17(3-5-18)25(33)9-11-28(12-10-25)22(30)8-6-19-23(31)29(24(32)27-19)14-16-1-7-20-21(13-16)35-15-34-20/h1-5,7,13,19,33H,6,8-12,14-15H2,(H,27,32)/t19-/m0/s1. The quantitative estimate of drug-likeness (QED) is 0.592. The van der Waals surface area contributed by atoms with E-state index in [9.17, 15) is 19.5 Å². The molecule has 184 valence electrons. The summed E-state index contributed by atoms with van der Waals surface area (Å²) < 4.78 is 10.6. The van der Waals surface area contributed by atoms with Gasteiger partial charge < -0.3 is 24.8 Å². The lowest BCUT2D eigenvalue weighted by Gasteiger charge is -2.38. The molecule has 0 spiro atoms. The van der Waals surface area contributed by atoms with Crippen LogP contribution in [0.2, 0.25) is 5.02 Å². The Morgan fingerprint density at radius 1 is 1.09 bits per heavy atom. The molecular weight excluding hydrogens is 474 g/mol. The molecule has 0 bridgehead atoms. The van der Waals surface area contributed by atoms with Crippen molar-refractivity contribution >= 4 is 29.4 Å². The van der Waals surface area contributed by atoms with E-state index in [-0.39, 0.29) is 38.0 Å². The number of imide groups is 1. The van der Waals surface area contributed by atoms with Crippen LogP contribution in [0.25, 0.3) is 0 Å². The fourth-order valence-electron chi connectivity index (χ4n) is 4.74. The van der Waals surface area contributed by atoms with Crippen molar-refractivity contribution < 1.29 is 29.0 Å². The average Bonchev–Trinajstić information content (AvgIpc) is 3.43. The predicted octanol–water partition coefficient (Wildman–Crippen LogP) is 2.78. The highest BCUT2D eigenvalue weighted by molar-refractivity contribution is 6.30. The molecule has 10 heteroatoms. The molecule has 9 nitrogen and oxygen atoms in total. The third kappa shape index (κ3) is 4.78. The Bertz CT molecular complexity index is 1150. The van der Waals surface area contributed by atoms with Gasteiger partial charge in [0.15, 0.2) is 11.5 Å². The van der Waals surface area contributed by atoms with E-state index in [1.165, 1.54) is 0 Å². The van der Waals surface area contributed by atoms with Crippen LogP contribution in [0.3, 0.4) is 0 Å². The van der Waals surface area contributed by atoms with Gasteiger partial charge in [-0.25, -0.2) is 4.79 Å². The van der Waals surface area contributed by atoms with E-state index in [1.807, 2.05) is 12.1 Å². The first-order valence-corrected chi connectivity index (χ1v) is 12.0. The summed E-state index contributed by atoms with van der Waals surface area (Å²) in [5.41, 5.74) is 0.540. The highest BCUT2D eigenvalue weighted by atomic mass is 35.5. The molecule has 2 fully saturated rings. The zero-order chi connectivity index (χ0) is 24.6. The number of hydrogen-bond donors (Lipinski definition) is 2. The summed E-state index contributed by atoms with van der Waals surface area (Å²) in [6.45, 7) is 1.09. The van der Waals surface area contributed by atoms with Crippen LogP contribution in [0.5, 0.6) is 11.5 Å². The summed E-state index contributed by atoms with van der Waals surface area (Å²) in [5.74, 6) is 0.767. The Labute approximate surface area is 207 Å². The fraction of sp³-hybridized carbons (Fsp3) is 0.400. The lowest BCUT2D eigenvalue weighted by Crippen LogP contribution is -2.45. The number of amides is 4. The number of benzene rings is 2. The Kier molecular flexibility index (Phi) is 6.29. The lowest BCUT2D eigenvalue weighted by atomic mass is 9.84. The topological polar surface area (TPSA) is 108 Å². The number of halogens is 1. The molecule has 0 radical (unpaired) electrons. The zero-order valence-corrected chi connectivity index (χ0v) is 19.8. The number of nitrogens with zero attached hydrogens (tertiary/aromatic N) is 2. The summed E-state index contributed by atoms with van der Waals surface area (Å²) in [4.78, 5) is 40.9. The van der Waals surface area contributed by atoms with E-state index in [0.29, 0.717) is 42.5 Å². The molecule has 0 unspecified atom stereocenters. The second-order valence-electron chi connectivity index (χ2n) is 9.07. The summed E-state index contributed by atoms with van der Waals surface area (Å²) in [5, 5.41) is 14.3. The highest BCUT2D eigenvalue weighted by Gasteiger charge is 2.39. The van der Waals surface area contributed by atoms with Gasteiger partial charge in [-0.1, -0.05) is 29.8 Å². The molecule has 0 saturated carbocycles. The lowest BCUT2D eigenvalue weighted by molar-refractivity contribution is -0.136. The number of fused-ring (bicyclic) bond motifs is 1. The first-order valence-electron chi connectivity index (χ1n) is 11.6. The Hall–Kier alpha value is -3.30. The van der Waals surface area contributed by atoms with Crippen LogP contribution in [0.4, 0.5) is 4.79 Å². The molecule has 0 aliphatic carbocycles.